The van der Waals surface area contributed by atoms with Crippen LogP contribution < -0.4 is 0 Å². The molecule has 12 heavy (non-hydrogen) atoms. The molecule has 0 unspecified atom stereocenters. The lowest BCUT2D eigenvalue weighted by atomic mass is 9.98. The standard InChI is InChI=1S/C11H14S/c12-11-7-3-6-10(8-11)9-4-1-2-5-9/h3,6-9,12H,1-2,4-5H2. The van der Waals surface area contributed by atoms with Crippen LogP contribution in [0.4, 0.5) is 0 Å². The van der Waals surface area contributed by atoms with Crippen LogP contribution in [0.1, 0.15) is 37.2 Å². The third kappa shape index (κ3) is 1.66. The van der Waals surface area contributed by atoms with E-state index in [1.165, 1.54) is 31.2 Å². The van der Waals surface area contributed by atoms with Crippen molar-refractivity contribution in [1.82, 2.24) is 0 Å². The van der Waals surface area contributed by atoms with Crippen molar-refractivity contribution in [3.63, 3.8) is 0 Å². The molecule has 0 aliphatic heterocycles. The molecule has 1 aliphatic rings. The molecule has 0 bridgehead atoms. The van der Waals surface area contributed by atoms with Gasteiger partial charge in [-0.25, -0.2) is 0 Å². The van der Waals surface area contributed by atoms with Crippen LogP contribution in [-0.2, 0) is 0 Å². The van der Waals surface area contributed by atoms with E-state index in [-0.39, 0.29) is 0 Å². The molecular formula is C11H14S. The lowest BCUT2D eigenvalue weighted by Crippen LogP contribution is -1.90. The monoisotopic (exact) mass is 178 g/mol. The van der Waals surface area contributed by atoms with Crippen molar-refractivity contribution >= 4 is 12.6 Å². The van der Waals surface area contributed by atoms with Gasteiger partial charge in [0.05, 0.1) is 0 Å². The molecule has 1 aliphatic carbocycles. The summed E-state index contributed by atoms with van der Waals surface area (Å²) in [6, 6.07) is 8.59. The molecule has 0 radical (unpaired) electrons. The summed E-state index contributed by atoms with van der Waals surface area (Å²) in [5.74, 6) is 0.817. The number of hydrogen-bond donors (Lipinski definition) is 1. The van der Waals surface area contributed by atoms with E-state index in [0.717, 1.165) is 10.8 Å². The Morgan fingerprint density at radius 3 is 2.58 bits per heavy atom. The Kier molecular flexibility index (Phi) is 2.40. The van der Waals surface area contributed by atoms with Crippen LogP contribution in [0, 0.1) is 0 Å². The Labute approximate surface area is 79.4 Å². The Morgan fingerprint density at radius 2 is 1.92 bits per heavy atom. The summed E-state index contributed by atoms with van der Waals surface area (Å²) in [5.41, 5.74) is 1.49. The highest BCUT2D eigenvalue weighted by Crippen LogP contribution is 2.34. The Bertz CT molecular complexity index is 261. The third-order valence-electron chi connectivity index (χ3n) is 2.70. The van der Waals surface area contributed by atoms with E-state index in [2.05, 4.69) is 30.8 Å². The zero-order valence-electron chi connectivity index (χ0n) is 7.16. The summed E-state index contributed by atoms with van der Waals surface area (Å²) in [4.78, 5) is 1.10. The van der Waals surface area contributed by atoms with Crippen LogP contribution in [0.3, 0.4) is 0 Å². The molecule has 1 saturated carbocycles. The Hall–Kier alpha value is -0.430. The van der Waals surface area contributed by atoms with Gasteiger partial charge in [-0.05, 0) is 36.5 Å². The highest BCUT2D eigenvalue weighted by atomic mass is 32.1. The molecule has 1 aromatic rings. The first-order valence-corrected chi connectivity index (χ1v) is 5.10. The Morgan fingerprint density at radius 1 is 1.17 bits per heavy atom. The van der Waals surface area contributed by atoms with Gasteiger partial charge in [0.25, 0.3) is 0 Å². The van der Waals surface area contributed by atoms with Crippen LogP contribution in [0.15, 0.2) is 29.2 Å². The second kappa shape index (κ2) is 3.53. The molecule has 0 nitrogen and oxygen atoms in total. The summed E-state index contributed by atoms with van der Waals surface area (Å²) in [6.45, 7) is 0. The molecule has 1 aromatic carbocycles. The molecule has 1 heteroatoms. The second-order valence-electron chi connectivity index (χ2n) is 3.58. The highest BCUT2D eigenvalue weighted by molar-refractivity contribution is 7.80. The first-order valence-electron chi connectivity index (χ1n) is 4.65. The third-order valence-corrected chi connectivity index (χ3v) is 2.97. The van der Waals surface area contributed by atoms with Gasteiger partial charge in [-0.3, -0.25) is 0 Å². The fraction of sp³-hybridized carbons (Fsp3) is 0.455. The van der Waals surface area contributed by atoms with Crippen LogP contribution in [-0.4, -0.2) is 0 Å². The van der Waals surface area contributed by atoms with E-state index in [0.29, 0.717) is 0 Å². The first kappa shape index (κ1) is 8.18. The molecule has 64 valence electrons. The average Bonchev–Trinajstić information content (AvgIpc) is 2.56. The quantitative estimate of drug-likeness (QED) is 0.624. The second-order valence-corrected chi connectivity index (χ2v) is 4.09. The first-order chi connectivity index (χ1) is 5.86. The molecule has 0 atom stereocenters. The zero-order valence-corrected chi connectivity index (χ0v) is 8.06. The van der Waals surface area contributed by atoms with Gasteiger partial charge < -0.3 is 0 Å². The van der Waals surface area contributed by atoms with Crippen molar-refractivity contribution in [2.75, 3.05) is 0 Å². The van der Waals surface area contributed by atoms with E-state index in [9.17, 15) is 0 Å². The fourth-order valence-electron chi connectivity index (χ4n) is 2.04. The number of benzene rings is 1. The largest absolute Gasteiger partial charge is 0.143 e. The molecule has 0 heterocycles. The summed E-state index contributed by atoms with van der Waals surface area (Å²) in [7, 11) is 0. The molecular weight excluding hydrogens is 164 g/mol. The normalized spacial score (nSPS) is 18.4. The minimum absolute atomic E-state index is 0.817. The lowest BCUT2D eigenvalue weighted by Gasteiger charge is -2.08. The maximum Gasteiger partial charge on any atom is 0.00428 e. The topological polar surface area (TPSA) is 0 Å². The van der Waals surface area contributed by atoms with Crippen molar-refractivity contribution in [3.8, 4) is 0 Å². The van der Waals surface area contributed by atoms with Gasteiger partial charge in [0, 0.05) is 4.90 Å². The smallest absolute Gasteiger partial charge is 0.00428 e. The van der Waals surface area contributed by atoms with E-state index in [4.69, 9.17) is 0 Å². The predicted molar refractivity (Wildman–Crippen MR) is 54.9 cm³/mol. The van der Waals surface area contributed by atoms with Gasteiger partial charge in [-0.2, -0.15) is 0 Å². The lowest BCUT2D eigenvalue weighted by molar-refractivity contribution is 0.721. The van der Waals surface area contributed by atoms with Gasteiger partial charge in [-0.1, -0.05) is 25.0 Å². The highest BCUT2D eigenvalue weighted by Gasteiger charge is 2.16. The molecule has 0 N–H and O–H groups in total. The molecule has 0 amide bonds. The van der Waals surface area contributed by atoms with E-state index < -0.39 is 0 Å². The van der Waals surface area contributed by atoms with Crippen LogP contribution in [0.5, 0.6) is 0 Å². The van der Waals surface area contributed by atoms with Gasteiger partial charge in [-0.15, -0.1) is 12.6 Å². The van der Waals surface area contributed by atoms with E-state index >= 15 is 0 Å². The summed E-state index contributed by atoms with van der Waals surface area (Å²) in [5, 5.41) is 0. The maximum absolute atomic E-state index is 4.35. The van der Waals surface area contributed by atoms with Crippen molar-refractivity contribution in [2.45, 2.75) is 36.5 Å². The van der Waals surface area contributed by atoms with Crippen molar-refractivity contribution in [2.24, 2.45) is 0 Å². The van der Waals surface area contributed by atoms with Crippen molar-refractivity contribution in [3.05, 3.63) is 29.8 Å². The van der Waals surface area contributed by atoms with Crippen LogP contribution in [0.2, 0.25) is 0 Å². The van der Waals surface area contributed by atoms with E-state index in [1.54, 1.807) is 0 Å². The molecule has 2 rings (SSSR count). The van der Waals surface area contributed by atoms with Crippen LogP contribution >= 0.6 is 12.6 Å². The summed E-state index contributed by atoms with van der Waals surface area (Å²) < 4.78 is 0. The fourth-order valence-corrected chi connectivity index (χ4v) is 2.27. The molecule has 0 saturated heterocycles. The zero-order chi connectivity index (χ0) is 8.39. The number of thiol groups is 1. The minimum Gasteiger partial charge on any atom is -0.143 e. The SMILES string of the molecule is Sc1cccc(C2CCCC2)c1. The van der Waals surface area contributed by atoms with Gasteiger partial charge in [0.1, 0.15) is 0 Å². The summed E-state index contributed by atoms with van der Waals surface area (Å²) >= 11 is 4.35. The van der Waals surface area contributed by atoms with E-state index in [1.807, 2.05) is 6.07 Å². The van der Waals surface area contributed by atoms with Crippen molar-refractivity contribution < 1.29 is 0 Å². The molecule has 0 aromatic heterocycles. The average molecular weight is 178 g/mol. The molecule has 0 spiro atoms. The van der Waals surface area contributed by atoms with Crippen LogP contribution in [0.25, 0.3) is 0 Å². The van der Waals surface area contributed by atoms with Gasteiger partial charge >= 0.3 is 0 Å². The number of hydrogen-bond acceptors (Lipinski definition) is 1. The van der Waals surface area contributed by atoms with Gasteiger partial charge in [0.15, 0.2) is 0 Å². The Balaban J connectivity index is 2.21. The predicted octanol–water partition coefficient (Wildman–Crippen LogP) is 3.63. The minimum atomic E-state index is 0.817. The van der Waals surface area contributed by atoms with Gasteiger partial charge in [0.2, 0.25) is 0 Å². The summed E-state index contributed by atoms with van der Waals surface area (Å²) in [6.07, 6.45) is 5.55. The van der Waals surface area contributed by atoms with Crippen molar-refractivity contribution in [1.29, 1.82) is 0 Å². The molecule has 1 fully saturated rings. The maximum atomic E-state index is 4.35. The number of rotatable bonds is 1.